The molecule has 0 aliphatic carbocycles. The van der Waals surface area contributed by atoms with Crippen molar-refractivity contribution in [3.05, 3.63) is 48.0 Å². The Bertz CT molecular complexity index is 624. The molecule has 1 aromatic carbocycles. The fourth-order valence-electron chi connectivity index (χ4n) is 1.66. The van der Waals surface area contributed by atoms with E-state index in [0.29, 0.717) is 5.69 Å². The Kier molecular flexibility index (Phi) is 3.56. The van der Waals surface area contributed by atoms with Crippen molar-refractivity contribution < 1.29 is 14.7 Å². The summed E-state index contributed by atoms with van der Waals surface area (Å²) in [7, 11) is 0. The van der Waals surface area contributed by atoms with Gasteiger partial charge in [-0.15, -0.1) is 0 Å². The summed E-state index contributed by atoms with van der Waals surface area (Å²) >= 11 is 0. The largest absolute Gasteiger partial charge is 0.478 e. The van der Waals surface area contributed by atoms with Crippen LogP contribution in [0.1, 0.15) is 17.3 Å². The number of amides is 1. The second-order valence-corrected chi connectivity index (χ2v) is 3.95. The number of nitrogens with zero attached hydrogens (tertiary/aromatic N) is 1. The Labute approximate surface area is 109 Å². The number of carbonyl (C=O) groups excluding carboxylic acids is 1. The van der Waals surface area contributed by atoms with Crippen LogP contribution in [0.5, 0.6) is 0 Å². The van der Waals surface area contributed by atoms with E-state index in [9.17, 15) is 9.59 Å². The van der Waals surface area contributed by atoms with Gasteiger partial charge >= 0.3 is 5.97 Å². The molecule has 1 amide bonds. The molecule has 1 heterocycles. The molecule has 19 heavy (non-hydrogen) atoms. The van der Waals surface area contributed by atoms with Gasteiger partial charge in [-0.05, 0) is 12.1 Å². The minimum absolute atomic E-state index is 0.0325. The molecule has 0 fully saturated rings. The van der Waals surface area contributed by atoms with Gasteiger partial charge in [0.1, 0.15) is 11.4 Å². The molecule has 5 heteroatoms. The molecule has 0 aliphatic rings. The van der Waals surface area contributed by atoms with Gasteiger partial charge in [0.05, 0.1) is 5.69 Å². The molecule has 5 nitrogen and oxygen atoms in total. The average Bonchev–Trinajstić information content (AvgIpc) is 2.38. The lowest BCUT2D eigenvalue weighted by molar-refractivity contribution is -0.114. The molecule has 1 aromatic heterocycles. The van der Waals surface area contributed by atoms with Crippen LogP contribution in [0.3, 0.4) is 0 Å². The highest BCUT2D eigenvalue weighted by atomic mass is 16.4. The van der Waals surface area contributed by atoms with Gasteiger partial charge in [0, 0.05) is 12.5 Å². The van der Waals surface area contributed by atoms with E-state index in [4.69, 9.17) is 5.11 Å². The summed E-state index contributed by atoms with van der Waals surface area (Å²) in [6.07, 6.45) is 0. The lowest BCUT2D eigenvalue weighted by atomic mass is 10.1. The van der Waals surface area contributed by atoms with Gasteiger partial charge in [0.2, 0.25) is 5.91 Å². The van der Waals surface area contributed by atoms with E-state index >= 15 is 0 Å². The molecule has 2 rings (SSSR count). The summed E-state index contributed by atoms with van der Waals surface area (Å²) in [5, 5.41) is 11.5. The van der Waals surface area contributed by atoms with Crippen LogP contribution < -0.4 is 5.32 Å². The first-order valence-electron chi connectivity index (χ1n) is 5.65. The molecular weight excluding hydrogens is 244 g/mol. The van der Waals surface area contributed by atoms with Gasteiger partial charge < -0.3 is 10.4 Å². The predicted molar refractivity (Wildman–Crippen MR) is 70.9 cm³/mol. The Balaban J connectivity index is 2.49. The Morgan fingerprint density at radius 2 is 1.79 bits per heavy atom. The number of benzene rings is 1. The lowest BCUT2D eigenvalue weighted by Crippen LogP contribution is -2.12. The number of carbonyl (C=O) groups is 2. The molecular formula is C14H12N2O3. The van der Waals surface area contributed by atoms with Gasteiger partial charge in [-0.3, -0.25) is 4.79 Å². The first-order chi connectivity index (χ1) is 9.08. The molecule has 2 N–H and O–H groups in total. The van der Waals surface area contributed by atoms with Gasteiger partial charge in [-0.2, -0.15) is 0 Å². The standard InChI is InChI=1S/C14H12N2O3/c1-9(17)15-13-11(14(18)19)7-8-12(16-13)10-5-3-2-4-6-10/h2-8H,1H3,(H,18,19)(H,15,16,17). The summed E-state index contributed by atoms with van der Waals surface area (Å²) in [5.74, 6) is -1.43. The van der Waals surface area contributed by atoms with Crippen LogP contribution in [0, 0.1) is 0 Å². The zero-order valence-electron chi connectivity index (χ0n) is 10.3. The van der Waals surface area contributed by atoms with E-state index in [1.54, 1.807) is 6.07 Å². The Hall–Kier alpha value is -2.69. The van der Waals surface area contributed by atoms with E-state index in [1.165, 1.54) is 13.0 Å². The number of aromatic nitrogens is 1. The predicted octanol–water partition coefficient (Wildman–Crippen LogP) is 2.41. The van der Waals surface area contributed by atoms with Crippen molar-refractivity contribution in [2.24, 2.45) is 0 Å². The number of carboxylic acids is 1. The third-order valence-electron chi connectivity index (χ3n) is 2.49. The Morgan fingerprint density at radius 3 is 2.37 bits per heavy atom. The maximum Gasteiger partial charge on any atom is 0.339 e. The average molecular weight is 256 g/mol. The fourth-order valence-corrected chi connectivity index (χ4v) is 1.66. The molecule has 0 saturated carbocycles. The van der Waals surface area contributed by atoms with Crippen LogP contribution >= 0.6 is 0 Å². The van der Waals surface area contributed by atoms with Crippen molar-refractivity contribution in [2.45, 2.75) is 6.92 Å². The SMILES string of the molecule is CC(=O)Nc1nc(-c2ccccc2)ccc1C(=O)O. The normalized spacial score (nSPS) is 9.95. The van der Waals surface area contributed by atoms with E-state index in [-0.39, 0.29) is 17.3 Å². The maximum absolute atomic E-state index is 11.1. The molecule has 0 unspecified atom stereocenters. The minimum Gasteiger partial charge on any atom is -0.478 e. The van der Waals surface area contributed by atoms with Crippen molar-refractivity contribution in [1.29, 1.82) is 0 Å². The second-order valence-electron chi connectivity index (χ2n) is 3.95. The van der Waals surface area contributed by atoms with Gasteiger partial charge in [-0.25, -0.2) is 9.78 Å². The number of aromatic carboxylic acids is 1. The van der Waals surface area contributed by atoms with E-state index in [0.717, 1.165) is 5.56 Å². The van der Waals surface area contributed by atoms with Crippen molar-refractivity contribution in [3.63, 3.8) is 0 Å². The van der Waals surface area contributed by atoms with Gasteiger partial charge in [-0.1, -0.05) is 30.3 Å². The number of anilines is 1. The third-order valence-corrected chi connectivity index (χ3v) is 2.49. The molecule has 96 valence electrons. The van der Waals surface area contributed by atoms with E-state index < -0.39 is 5.97 Å². The molecule has 0 atom stereocenters. The number of hydrogen-bond donors (Lipinski definition) is 2. The topological polar surface area (TPSA) is 79.3 Å². The third kappa shape index (κ3) is 2.95. The summed E-state index contributed by atoms with van der Waals surface area (Å²) < 4.78 is 0. The van der Waals surface area contributed by atoms with Crippen LogP contribution in [-0.4, -0.2) is 22.0 Å². The van der Waals surface area contributed by atoms with Crippen LogP contribution in [0.4, 0.5) is 5.82 Å². The summed E-state index contributed by atoms with van der Waals surface area (Å²) in [6.45, 7) is 1.31. The molecule has 2 aromatic rings. The van der Waals surface area contributed by atoms with Crippen LogP contribution in [0.15, 0.2) is 42.5 Å². The first-order valence-corrected chi connectivity index (χ1v) is 5.65. The van der Waals surface area contributed by atoms with Gasteiger partial charge in [0.25, 0.3) is 0 Å². The van der Waals surface area contributed by atoms with Crippen molar-refractivity contribution in [3.8, 4) is 11.3 Å². The number of pyridine rings is 1. The van der Waals surface area contributed by atoms with Crippen LogP contribution in [0.25, 0.3) is 11.3 Å². The number of hydrogen-bond acceptors (Lipinski definition) is 3. The summed E-state index contributed by atoms with van der Waals surface area (Å²) in [6, 6.07) is 12.4. The first kappa shape index (κ1) is 12.8. The van der Waals surface area contributed by atoms with Crippen molar-refractivity contribution in [2.75, 3.05) is 5.32 Å². The Morgan fingerprint density at radius 1 is 1.11 bits per heavy atom. The van der Waals surface area contributed by atoms with E-state index in [1.807, 2.05) is 30.3 Å². The van der Waals surface area contributed by atoms with Crippen LogP contribution in [-0.2, 0) is 4.79 Å². The van der Waals surface area contributed by atoms with Crippen molar-refractivity contribution in [1.82, 2.24) is 4.98 Å². The lowest BCUT2D eigenvalue weighted by Gasteiger charge is -2.08. The second kappa shape index (κ2) is 5.30. The quantitative estimate of drug-likeness (QED) is 0.883. The number of nitrogens with one attached hydrogen (secondary N) is 1. The van der Waals surface area contributed by atoms with Crippen LogP contribution in [0.2, 0.25) is 0 Å². The monoisotopic (exact) mass is 256 g/mol. The summed E-state index contributed by atoms with van der Waals surface area (Å²) in [5.41, 5.74) is 1.43. The maximum atomic E-state index is 11.1. The van der Waals surface area contributed by atoms with Gasteiger partial charge in [0.15, 0.2) is 0 Å². The summed E-state index contributed by atoms with van der Waals surface area (Å²) in [4.78, 5) is 26.3. The number of rotatable bonds is 3. The highest BCUT2D eigenvalue weighted by Gasteiger charge is 2.13. The smallest absolute Gasteiger partial charge is 0.339 e. The van der Waals surface area contributed by atoms with E-state index in [2.05, 4.69) is 10.3 Å². The highest BCUT2D eigenvalue weighted by molar-refractivity contribution is 5.99. The van der Waals surface area contributed by atoms with Crippen molar-refractivity contribution >= 4 is 17.7 Å². The molecule has 0 radical (unpaired) electrons. The molecule has 0 saturated heterocycles. The minimum atomic E-state index is -1.13. The molecule has 0 aliphatic heterocycles. The highest BCUT2D eigenvalue weighted by Crippen LogP contribution is 2.21. The molecule has 0 bridgehead atoms. The zero-order valence-corrected chi connectivity index (χ0v) is 10.3. The fraction of sp³-hybridized carbons (Fsp3) is 0.0714. The molecule has 0 spiro atoms. The number of carboxylic acid groups (broad SMARTS) is 1. The zero-order chi connectivity index (χ0) is 13.8.